The summed E-state index contributed by atoms with van der Waals surface area (Å²) < 4.78 is 0. The zero-order valence-corrected chi connectivity index (χ0v) is 9.63. The van der Waals surface area contributed by atoms with Crippen LogP contribution in [-0.4, -0.2) is 11.5 Å². The second kappa shape index (κ2) is 6.93. The van der Waals surface area contributed by atoms with Gasteiger partial charge < -0.3 is 5.32 Å². The van der Waals surface area contributed by atoms with E-state index in [2.05, 4.69) is 11.4 Å². The highest BCUT2D eigenvalue weighted by molar-refractivity contribution is 7.13. The summed E-state index contributed by atoms with van der Waals surface area (Å²) in [5, 5.41) is 23.9. The first-order valence-corrected chi connectivity index (χ1v) is 5.91. The Labute approximate surface area is 97.9 Å². The van der Waals surface area contributed by atoms with E-state index in [-0.39, 0.29) is 9.92 Å². The van der Waals surface area contributed by atoms with Gasteiger partial charge in [0.2, 0.25) is 0 Å². The molecule has 16 heavy (non-hydrogen) atoms. The lowest BCUT2D eigenvalue weighted by Crippen LogP contribution is -2.13. The molecule has 0 saturated carbocycles. The van der Waals surface area contributed by atoms with Gasteiger partial charge in [-0.1, -0.05) is 11.3 Å². The smallest absolute Gasteiger partial charge is 0.313 e. The van der Waals surface area contributed by atoms with E-state index in [1.807, 2.05) is 0 Å². The van der Waals surface area contributed by atoms with Gasteiger partial charge in [0, 0.05) is 24.4 Å². The predicted octanol–water partition coefficient (Wildman–Crippen LogP) is 2.44. The van der Waals surface area contributed by atoms with Crippen LogP contribution in [0.2, 0.25) is 0 Å². The van der Waals surface area contributed by atoms with Crippen LogP contribution in [0.4, 0.5) is 5.00 Å². The molecule has 5 nitrogen and oxygen atoms in total. The summed E-state index contributed by atoms with van der Waals surface area (Å²) >= 11 is 1.15. The highest BCUT2D eigenvalue weighted by atomic mass is 32.1. The first-order valence-electron chi connectivity index (χ1n) is 5.03. The summed E-state index contributed by atoms with van der Waals surface area (Å²) in [6.07, 6.45) is 2.44. The Morgan fingerprint density at radius 2 is 2.38 bits per heavy atom. The minimum atomic E-state index is -0.374. The van der Waals surface area contributed by atoms with Crippen LogP contribution in [0, 0.1) is 21.4 Å². The van der Waals surface area contributed by atoms with Gasteiger partial charge >= 0.3 is 5.00 Å². The van der Waals surface area contributed by atoms with Gasteiger partial charge in [-0.3, -0.25) is 10.1 Å². The Hall–Kier alpha value is -1.45. The third kappa shape index (κ3) is 4.38. The lowest BCUT2D eigenvalue weighted by molar-refractivity contribution is -0.380. The van der Waals surface area contributed by atoms with Gasteiger partial charge in [0.05, 0.1) is 11.0 Å². The minimum absolute atomic E-state index is 0.182. The van der Waals surface area contributed by atoms with Gasteiger partial charge in [0.25, 0.3) is 0 Å². The van der Waals surface area contributed by atoms with Crippen molar-refractivity contribution >= 4 is 16.3 Å². The highest BCUT2D eigenvalue weighted by Crippen LogP contribution is 2.22. The summed E-state index contributed by atoms with van der Waals surface area (Å²) in [5.74, 6) is 0. The molecule has 1 aromatic rings. The number of nitrogens with zero attached hydrogens (tertiary/aromatic N) is 2. The maximum absolute atomic E-state index is 10.4. The normalized spacial score (nSPS) is 9.94. The Balaban J connectivity index is 2.17. The highest BCUT2D eigenvalue weighted by Gasteiger charge is 2.08. The second-order valence-corrected chi connectivity index (χ2v) is 4.23. The number of hydrogen-bond acceptors (Lipinski definition) is 5. The SMILES string of the molecule is N#CCCCCNCc1csc([N+](=O)[O-])c1. The van der Waals surface area contributed by atoms with Crippen molar-refractivity contribution in [3.63, 3.8) is 0 Å². The number of rotatable bonds is 7. The Morgan fingerprint density at radius 3 is 3.00 bits per heavy atom. The number of unbranched alkanes of at least 4 members (excludes halogenated alkanes) is 2. The molecule has 0 saturated heterocycles. The van der Waals surface area contributed by atoms with Crippen molar-refractivity contribution in [2.45, 2.75) is 25.8 Å². The van der Waals surface area contributed by atoms with E-state index in [0.717, 1.165) is 36.3 Å². The molecule has 0 spiro atoms. The zero-order valence-electron chi connectivity index (χ0n) is 8.81. The van der Waals surface area contributed by atoms with Crippen LogP contribution in [0.15, 0.2) is 11.4 Å². The molecule has 0 atom stereocenters. The molecule has 0 aliphatic rings. The van der Waals surface area contributed by atoms with Crippen LogP contribution in [0.1, 0.15) is 24.8 Å². The number of nitro groups is 1. The van der Waals surface area contributed by atoms with Gasteiger partial charge in [-0.2, -0.15) is 5.26 Å². The monoisotopic (exact) mass is 239 g/mol. The van der Waals surface area contributed by atoms with Crippen molar-refractivity contribution in [1.82, 2.24) is 5.32 Å². The summed E-state index contributed by atoms with van der Waals surface area (Å²) in [5.41, 5.74) is 0.942. The average molecular weight is 239 g/mol. The van der Waals surface area contributed by atoms with Crippen LogP contribution in [0.3, 0.4) is 0 Å². The lowest BCUT2D eigenvalue weighted by Gasteiger charge is -2.00. The van der Waals surface area contributed by atoms with Crippen molar-refractivity contribution < 1.29 is 4.92 Å². The van der Waals surface area contributed by atoms with Crippen LogP contribution >= 0.6 is 11.3 Å². The molecule has 86 valence electrons. The molecule has 1 N–H and O–H groups in total. The second-order valence-electron chi connectivity index (χ2n) is 3.34. The molecule has 0 radical (unpaired) electrons. The number of hydrogen-bond donors (Lipinski definition) is 1. The van der Waals surface area contributed by atoms with Crippen molar-refractivity contribution in [2.24, 2.45) is 0 Å². The Morgan fingerprint density at radius 1 is 1.56 bits per heavy atom. The maximum atomic E-state index is 10.4. The number of nitriles is 1. The molecule has 0 unspecified atom stereocenters. The molecule has 1 aromatic heterocycles. The zero-order chi connectivity index (χ0) is 11.8. The maximum Gasteiger partial charge on any atom is 0.324 e. The van der Waals surface area contributed by atoms with Gasteiger partial charge in [0.15, 0.2) is 0 Å². The average Bonchev–Trinajstić information content (AvgIpc) is 2.72. The Bertz CT molecular complexity index is 384. The largest absolute Gasteiger partial charge is 0.324 e. The third-order valence-electron chi connectivity index (χ3n) is 2.04. The topological polar surface area (TPSA) is 79.0 Å². The lowest BCUT2D eigenvalue weighted by atomic mass is 10.2. The summed E-state index contributed by atoms with van der Waals surface area (Å²) in [6.45, 7) is 1.49. The third-order valence-corrected chi connectivity index (χ3v) is 2.97. The van der Waals surface area contributed by atoms with Gasteiger partial charge in [0.1, 0.15) is 0 Å². The van der Waals surface area contributed by atoms with Gasteiger partial charge in [-0.25, -0.2) is 0 Å². The van der Waals surface area contributed by atoms with Crippen molar-refractivity contribution in [1.29, 1.82) is 5.26 Å². The molecule has 0 aliphatic carbocycles. The van der Waals surface area contributed by atoms with E-state index in [1.165, 1.54) is 0 Å². The van der Waals surface area contributed by atoms with Crippen LogP contribution < -0.4 is 5.32 Å². The first kappa shape index (κ1) is 12.6. The fraction of sp³-hybridized carbons (Fsp3) is 0.500. The molecule has 6 heteroatoms. The predicted molar refractivity (Wildman–Crippen MR) is 62.1 cm³/mol. The van der Waals surface area contributed by atoms with Gasteiger partial charge in [-0.15, -0.1) is 0 Å². The molecule has 1 rings (SSSR count). The molecule has 0 aromatic carbocycles. The fourth-order valence-electron chi connectivity index (χ4n) is 1.24. The van der Waals surface area contributed by atoms with E-state index in [0.29, 0.717) is 13.0 Å². The van der Waals surface area contributed by atoms with Crippen molar-refractivity contribution in [3.8, 4) is 6.07 Å². The van der Waals surface area contributed by atoms with E-state index < -0.39 is 0 Å². The van der Waals surface area contributed by atoms with Crippen LogP contribution in [0.25, 0.3) is 0 Å². The fourth-order valence-corrected chi connectivity index (χ4v) is 1.97. The molecular weight excluding hydrogens is 226 g/mol. The molecule has 0 bridgehead atoms. The van der Waals surface area contributed by atoms with Crippen LogP contribution in [-0.2, 0) is 6.54 Å². The van der Waals surface area contributed by atoms with Crippen molar-refractivity contribution in [2.75, 3.05) is 6.54 Å². The molecule has 1 heterocycles. The summed E-state index contributed by atoms with van der Waals surface area (Å²) in [4.78, 5) is 10.1. The quantitative estimate of drug-likeness (QED) is 0.450. The van der Waals surface area contributed by atoms with Crippen LogP contribution in [0.5, 0.6) is 0 Å². The number of thiophene rings is 1. The Kier molecular flexibility index (Phi) is 5.46. The molecule has 0 fully saturated rings. The number of nitrogens with one attached hydrogen (secondary N) is 1. The van der Waals surface area contributed by atoms with E-state index in [4.69, 9.17) is 5.26 Å². The summed E-state index contributed by atoms with van der Waals surface area (Å²) in [6, 6.07) is 3.68. The van der Waals surface area contributed by atoms with Crippen molar-refractivity contribution in [3.05, 3.63) is 27.1 Å². The molecular formula is C10H13N3O2S. The van der Waals surface area contributed by atoms with E-state index in [9.17, 15) is 10.1 Å². The summed E-state index contributed by atoms with van der Waals surface area (Å²) in [7, 11) is 0. The van der Waals surface area contributed by atoms with E-state index in [1.54, 1.807) is 11.4 Å². The van der Waals surface area contributed by atoms with E-state index >= 15 is 0 Å². The molecule has 0 aliphatic heterocycles. The molecule has 0 amide bonds. The first-order chi connectivity index (χ1) is 7.74. The minimum Gasteiger partial charge on any atom is -0.313 e. The standard InChI is InChI=1S/C10H13N3O2S/c11-4-2-1-3-5-12-7-9-6-10(13(14)15)16-8-9/h6,8,12H,1-3,5,7H2. The van der Waals surface area contributed by atoms with Gasteiger partial charge in [-0.05, 0) is 24.9 Å².